The molecule has 5 nitrogen and oxygen atoms in total. The molecule has 5 heteroatoms. The summed E-state index contributed by atoms with van der Waals surface area (Å²) < 4.78 is 10.5. The van der Waals surface area contributed by atoms with Crippen LogP contribution in [0, 0.1) is 0 Å². The van der Waals surface area contributed by atoms with Gasteiger partial charge in [0.1, 0.15) is 0 Å². The molecule has 0 spiro atoms. The summed E-state index contributed by atoms with van der Waals surface area (Å²) in [4.78, 5) is 15.4. The molecule has 1 aliphatic rings. The van der Waals surface area contributed by atoms with Gasteiger partial charge in [0, 0.05) is 44.9 Å². The molecule has 1 aliphatic heterocycles. The first-order valence-electron chi connectivity index (χ1n) is 6.38. The largest absolute Gasteiger partial charge is 0.493 e. The van der Waals surface area contributed by atoms with Crippen molar-refractivity contribution < 1.29 is 14.3 Å². The lowest BCUT2D eigenvalue weighted by atomic mass is 10.2. The van der Waals surface area contributed by atoms with E-state index in [0.717, 1.165) is 43.4 Å². The molecule has 0 unspecified atom stereocenters. The van der Waals surface area contributed by atoms with Crippen LogP contribution in [0.5, 0.6) is 11.5 Å². The summed E-state index contributed by atoms with van der Waals surface area (Å²) >= 11 is 0. The third kappa shape index (κ3) is 2.92. The molecule has 0 aromatic heterocycles. The number of hydrogen-bond acceptors (Lipinski definition) is 4. The van der Waals surface area contributed by atoms with Gasteiger partial charge in [-0.3, -0.25) is 4.79 Å². The highest BCUT2D eigenvalue weighted by Gasteiger charge is 2.19. The number of carbonyl (C=O) groups excluding carboxylic acids is 1. The zero-order valence-electron chi connectivity index (χ0n) is 11.7. The number of amides is 1. The first-order valence-corrected chi connectivity index (χ1v) is 6.38. The molecular weight excluding hydrogens is 244 g/mol. The third-order valence-corrected chi connectivity index (χ3v) is 3.46. The van der Waals surface area contributed by atoms with Crippen LogP contribution in [0.3, 0.4) is 0 Å². The summed E-state index contributed by atoms with van der Waals surface area (Å²) in [6, 6.07) is 5.90. The molecule has 1 amide bonds. The smallest absolute Gasteiger partial charge is 0.219 e. The molecule has 1 heterocycles. The van der Waals surface area contributed by atoms with E-state index in [1.54, 1.807) is 21.1 Å². The fourth-order valence-electron chi connectivity index (χ4n) is 2.30. The van der Waals surface area contributed by atoms with E-state index in [0.29, 0.717) is 0 Å². The van der Waals surface area contributed by atoms with Crippen LogP contribution in [-0.4, -0.2) is 51.2 Å². The molecule has 0 saturated carbocycles. The van der Waals surface area contributed by atoms with Gasteiger partial charge in [0.2, 0.25) is 5.91 Å². The Morgan fingerprint density at radius 2 is 1.68 bits per heavy atom. The summed E-state index contributed by atoms with van der Waals surface area (Å²) in [5, 5.41) is 0. The van der Waals surface area contributed by atoms with Crippen LogP contribution in [-0.2, 0) is 4.79 Å². The van der Waals surface area contributed by atoms with Crippen LogP contribution >= 0.6 is 0 Å². The second-order valence-electron chi connectivity index (χ2n) is 4.53. The number of hydrogen-bond donors (Lipinski definition) is 0. The molecular formula is C14H20N2O3. The van der Waals surface area contributed by atoms with Crippen LogP contribution in [0.15, 0.2) is 18.2 Å². The monoisotopic (exact) mass is 264 g/mol. The summed E-state index contributed by atoms with van der Waals surface area (Å²) in [5.74, 6) is 1.61. The molecule has 0 atom stereocenters. The maximum absolute atomic E-state index is 11.3. The van der Waals surface area contributed by atoms with E-state index in [-0.39, 0.29) is 5.91 Å². The number of rotatable bonds is 3. The summed E-state index contributed by atoms with van der Waals surface area (Å²) in [6.45, 7) is 4.84. The molecule has 0 N–H and O–H groups in total. The number of piperazine rings is 1. The van der Waals surface area contributed by atoms with Crippen LogP contribution in [0.2, 0.25) is 0 Å². The Labute approximate surface area is 113 Å². The lowest BCUT2D eigenvalue weighted by molar-refractivity contribution is -0.129. The van der Waals surface area contributed by atoms with Crippen molar-refractivity contribution in [2.24, 2.45) is 0 Å². The first kappa shape index (κ1) is 13.5. The normalized spacial score (nSPS) is 15.3. The highest BCUT2D eigenvalue weighted by molar-refractivity contribution is 5.73. The Morgan fingerprint density at radius 1 is 1.05 bits per heavy atom. The van der Waals surface area contributed by atoms with E-state index in [1.807, 2.05) is 23.1 Å². The van der Waals surface area contributed by atoms with Gasteiger partial charge in [-0.15, -0.1) is 0 Å². The summed E-state index contributed by atoms with van der Waals surface area (Å²) in [5.41, 5.74) is 1.10. The predicted octanol–water partition coefficient (Wildman–Crippen LogP) is 1.37. The maximum Gasteiger partial charge on any atom is 0.219 e. The number of anilines is 1. The fourth-order valence-corrected chi connectivity index (χ4v) is 2.30. The number of benzene rings is 1. The molecule has 2 rings (SSSR count). The Kier molecular flexibility index (Phi) is 4.14. The topological polar surface area (TPSA) is 42.0 Å². The average Bonchev–Trinajstić information content (AvgIpc) is 2.46. The SMILES string of the molecule is COc1ccc(N2CCN(C(C)=O)CC2)cc1OC. The van der Waals surface area contributed by atoms with Crippen molar-refractivity contribution in [3.05, 3.63) is 18.2 Å². The standard InChI is InChI=1S/C14H20N2O3/c1-11(17)15-6-8-16(9-7-15)12-4-5-13(18-2)14(10-12)19-3/h4-5,10H,6-9H2,1-3H3. The van der Waals surface area contributed by atoms with Crippen molar-refractivity contribution >= 4 is 11.6 Å². The molecule has 1 saturated heterocycles. The Morgan fingerprint density at radius 3 is 2.21 bits per heavy atom. The Hall–Kier alpha value is -1.91. The van der Waals surface area contributed by atoms with Crippen molar-refractivity contribution in [1.82, 2.24) is 4.90 Å². The molecule has 0 radical (unpaired) electrons. The predicted molar refractivity (Wildman–Crippen MR) is 74.0 cm³/mol. The van der Waals surface area contributed by atoms with E-state index < -0.39 is 0 Å². The molecule has 1 aromatic rings. The minimum Gasteiger partial charge on any atom is -0.493 e. The van der Waals surface area contributed by atoms with Gasteiger partial charge in [0.15, 0.2) is 11.5 Å². The molecule has 1 fully saturated rings. The Balaban J connectivity index is 2.09. The minimum absolute atomic E-state index is 0.145. The van der Waals surface area contributed by atoms with E-state index in [1.165, 1.54) is 0 Å². The number of carbonyl (C=O) groups is 1. The van der Waals surface area contributed by atoms with Gasteiger partial charge in [-0.25, -0.2) is 0 Å². The number of ether oxygens (including phenoxy) is 2. The highest BCUT2D eigenvalue weighted by atomic mass is 16.5. The lowest BCUT2D eigenvalue weighted by Gasteiger charge is -2.35. The van der Waals surface area contributed by atoms with Gasteiger partial charge in [-0.1, -0.05) is 0 Å². The molecule has 1 aromatic carbocycles. The second-order valence-corrected chi connectivity index (χ2v) is 4.53. The van der Waals surface area contributed by atoms with Crippen molar-refractivity contribution in [3.8, 4) is 11.5 Å². The van der Waals surface area contributed by atoms with E-state index >= 15 is 0 Å². The van der Waals surface area contributed by atoms with Crippen molar-refractivity contribution in [2.45, 2.75) is 6.92 Å². The third-order valence-electron chi connectivity index (χ3n) is 3.46. The highest BCUT2D eigenvalue weighted by Crippen LogP contribution is 2.31. The van der Waals surface area contributed by atoms with Gasteiger partial charge in [-0.2, -0.15) is 0 Å². The van der Waals surface area contributed by atoms with Crippen molar-refractivity contribution in [3.63, 3.8) is 0 Å². The minimum atomic E-state index is 0.145. The van der Waals surface area contributed by atoms with Gasteiger partial charge in [-0.05, 0) is 12.1 Å². The van der Waals surface area contributed by atoms with Gasteiger partial charge in [0.25, 0.3) is 0 Å². The van der Waals surface area contributed by atoms with Gasteiger partial charge < -0.3 is 19.3 Å². The lowest BCUT2D eigenvalue weighted by Crippen LogP contribution is -2.48. The second kappa shape index (κ2) is 5.82. The van der Waals surface area contributed by atoms with E-state index in [4.69, 9.17) is 9.47 Å². The van der Waals surface area contributed by atoms with Crippen molar-refractivity contribution in [1.29, 1.82) is 0 Å². The molecule has 0 aliphatic carbocycles. The van der Waals surface area contributed by atoms with Crippen LogP contribution in [0.4, 0.5) is 5.69 Å². The summed E-state index contributed by atoms with van der Waals surface area (Å²) in [7, 11) is 3.26. The Bertz CT molecular complexity index is 454. The molecule has 19 heavy (non-hydrogen) atoms. The van der Waals surface area contributed by atoms with Crippen LogP contribution in [0.1, 0.15) is 6.92 Å². The quantitative estimate of drug-likeness (QED) is 0.827. The first-order chi connectivity index (χ1) is 9.15. The van der Waals surface area contributed by atoms with Gasteiger partial charge in [0.05, 0.1) is 14.2 Å². The zero-order valence-corrected chi connectivity index (χ0v) is 11.7. The van der Waals surface area contributed by atoms with E-state index in [2.05, 4.69) is 4.90 Å². The van der Waals surface area contributed by atoms with Crippen molar-refractivity contribution in [2.75, 3.05) is 45.3 Å². The number of methoxy groups -OCH3 is 2. The van der Waals surface area contributed by atoms with E-state index in [9.17, 15) is 4.79 Å². The fraction of sp³-hybridized carbons (Fsp3) is 0.500. The van der Waals surface area contributed by atoms with Gasteiger partial charge >= 0.3 is 0 Å². The van der Waals surface area contributed by atoms with Crippen LogP contribution < -0.4 is 14.4 Å². The summed E-state index contributed by atoms with van der Waals surface area (Å²) in [6.07, 6.45) is 0. The molecule has 0 bridgehead atoms. The maximum atomic E-state index is 11.3. The molecule has 104 valence electrons. The average molecular weight is 264 g/mol. The number of nitrogens with zero attached hydrogens (tertiary/aromatic N) is 2. The zero-order chi connectivity index (χ0) is 13.8. The van der Waals surface area contributed by atoms with Crippen LogP contribution in [0.25, 0.3) is 0 Å².